The van der Waals surface area contributed by atoms with Crippen LogP contribution in [0.4, 0.5) is 4.39 Å². The number of aliphatic hydroxyl groups excluding tert-OH is 1. The molecule has 26 heavy (non-hydrogen) atoms. The quantitative estimate of drug-likeness (QED) is 0.654. The highest BCUT2D eigenvalue weighted by molar-refractivity contribution is 5.94. The molecule has 0 amide bonds. The van der Waals surface area contributed by atoms with Gasteiger partial charge in [0.1, 0.15) is 29.9 Å². The van der Waals surface area contributed by atoms with Gasteiger partial charge in [-0.25, -0.2) is 4.39 Å². The lowest BCUT2D eigenvalue weighted by Crippen LogP contribution is -2.39. The fraction of sp³-hybridized carbons (Fsp3) is 0.286. The van der Waals surface area contributed by atoms with Crippen LogP contribution in [-0.4, -0.2) is 29.7 Å². The van der Waals surface area contributed by atoms with Gasteiger partial charge in [-0.2, -0.15) is 0 Å². The fourth-order valence-electron chi connectivity index (χ4n) is 2.90. The van der Waals surface area contributed by atoms with Crippen molar-refractivity contribution in [1.82, 2.24) is 0 Å². The summed E-state index contributed by atoms with van der Waals surface area (Å²) in [5.41, 5.74) is 2.21. The first kappa shape index (κ1) is 18.3. The van der Waals surface area contributed by atoms with Gasteiger partial charge in [-0.05, 0) is 49.2 Å². The van der Waals surface area contributed by atoms with Crippen LogP contribution < -0.4 is 4.74 Å². The van der Waals surface area contributed by atoms with Crippen molar-refractivity contribution in [3.05, 3.63) is 77.1 Å². The Balaban J connectivity index is 1.76. The molecule has 1 aliphatic rings. The summed E-state index contributed by atoms with van der Waals surface area (Å²) in [5, 5.41) is 9.69. The van der Waals surface area contributed by atoms with E-state index in [0.717, 1.165) is 5.56 Å². The highest BCUT2D eigenvalue weighted by Crippen LogP contribution is 2.29. The molecule has 0 unspecified atom stereocenters. The van der Waals surface area contributed by atoms with Crippen LogP contribution in [0.15, 0.2) is 54.6 Å². The smallest absolute Gasteiger partial charge is 0.159 e. The number of aliphatic hydroxyl groups is 1. The van der Waals surface area contributed by atoms with E-state index < -0.39 is 12.2 Å². The van der Waals surface area contributed by atoms with E-state index in [1.165, 1.54) is 19.1 Å². The minimum atomic E-state index is -0.554. The zero-order chi connectivity index (χ0) is 18.7. The molecule has 0 aromatic heterocycles. The molecule has 0 saturated carbocycles. The Kier molecular flexibility index (Phi) is 5.49. The second kappa shape index (κ2) is 7.81. The number of hydrogen-bond donors (Lipinski definition) is 1. The molecule has 2 aromatic rings. The molecular weight excluding hydrogens is 335 g/mol. The lowest BCUT2D eigenvalue weighted by Gasteiger charge is -2.32. The van der Waals surface area contributed by atoms with Crippen LogP contribution >= 0.6 is 0 Å². The highest BCUT2D eigenvalue weighted by Gasteiger charge is 2.29. The second-order valence-corrected chi connectivity index (χ2v) is 6.33. The summed E-state index contributed by atoms with van der Waals surface area (Å²) in [7, 11) is 0. The summed E-state index contributed by atoms with van der Waals surface area (Å²) in [6.07, 6.45) is 2.34. The summed E-state index contributed by atoms with van der Waals surface area (Å²) < 4.78 is 25.1. The third-order valence-corrected chi connectivity index (χ3v) is 4.39. The number of carbonyl (C=O) groups is 1. The number of benzene rings is 2. The standard InChI is InChI=1S/C21H21FO4/c1-13-11-17(22)7-8-18(13)25-20-10-9-19(26-21(20)12-23)16-5-3-15(4-6-16)14(2)24/h3-11,19-21,23H,12H2,1-2H3/t19-,20-,21+/m0/s1. The van der Waals surface area contributed by atoms with Crippen molar-refractivity contribution in [1.29, 1.82) is 0 Å². The third-order valence-electron chi connectivity index (χ3n) is 4.39. The maximum absolute atomic E-state index is 13.2. The molecule has 136 valence electrons. The summed E-state index contributed by atoms with van der Waals surface area (Å²) in [6, 6.07) is 11.5. The normalized spacial score (nSPS) is 22.2. The van der Waals surface area contributed by atoms with Gasteiger partial charge in [-0.1, -0.05) is 30.3 Å². The molecule has 1 aliphatic heterocycles. The fourth-order valence-corrected chi connectivity index (χ4v) is 2.90. The van der Waals surface area contributed by atoms with Crippen LogP contribution in [0.3, 0.4) is 0 Å². The van der Waals surface area contributed by atoms with E-state index in [1.807, 2.05) is 24.3 Å². The van der Waals surface area contributed by atoms with Gasteiger partial charge in [0.15, 0.2) is 5.78 Å². The maximum atomic E-state index is 13.2. The Morgan fingerprint density at radius 2 is 1.92 bits per heavy atom. The number of rotatable bonds is 5. The molecule has 0 spiro atoms. The van der Waals surface area contributed by atoms with E-state index >= 15 is 0 Å². The van der Waals surface area contributed by atoms with Gasteiger partial charge in [0.2, 0.25) is 0 Å². The Morgan fingerprint density at radius 3 is 2.54 bits per heavy atom. The SMILES string of the molecule is CC(=O)c1ccc([C@@H]2C=C[C@H](Oc3ccc(F)cc3C)[C@@H](CO)O2)cc1. The van der Waals surface area contributed by atoms with Crippen molar-refractivity contribution in [2.45, 2.75) is 32.2 Å². The molecule has 0 radical (unpaired) electrons. The first-order valence-corrected chi connectivity index (χ1v) is 8.46. The predicted molar refractivity (Wildman–Crippen MR) is 95.8 cm³/mol. The monoisotopic (exact) mass is 356 g/mol. The summed E-state index contributed by atoms with van der Waals surface area (Å²) in [6.45, 7) is 3.07. The van der Waals surface area contributed by atoms with Gasteiger partial charge in [0.25, 0.3) is 0 Å². The zero-order valence-electron chi connectivity index (χ0n) is 14.7. The average Bonchev–Trinajstić information content (AvgIpc) is 2.64. The predicted octanol–water partition coefficient (Wildman–Crippen LogP) is 3.77. The Morgan fingerprint density at radius 1 is 1.19 bits per heavy atom. The number of ketones is 1. The van der Waals surface area contributed by atoms with Crippen LogP contribution in [0.5, 0.6) is 5.75 Å². The van der Waals surface area contributed by atoms with Gasteiger partial charge < -0.3 is 14.6 Å². The molecule has 0 fully saturated rings. The minimum Gasteiger partial charge on any atom is -0.483 e. The number of Topliss-reactive ketones (excluding diaryl/α,β-unsaturated/α-hetero) is 1. The molecule has 3 atom stereocenters. The average molecular weight is 356 g/mol. The van der Waals surface area contributed by atoms with Crippen molar-refractivity contribution in [3.63, 3.8) is 0 Å². The number of halogens is 1. The van der Waals surface area contributed by atoms with Crippen LogP contribution in [0.2, 0.25) is 0 Å². The van der Waals surface area contributed by atoms with Gasteiger partial charge in [0, 0.05) is 5.56 Å². The molecule has 1 heterocycles. The van der Waals surface area contributed by atoms with E-state index in [4.69, 9.17) is 9.47 Å². The Labute approximate surface area is 151 Å². The topological polar surface area (TPSA) is 55.8 Å². The highest BCUT2D eigenvalue weighted by atomic mass is 19.1. The van der Waals surface area contributed by atoms with Gasteiger partial charge in [0.05, 0.1) is 6.61 Å². The maximum Gasteiger partial charge on any atom is 0.159 e. The van der Waals surface area contributed by atoms with Crippen molar-refractivity contribution in [3.8, 4) is 5.75 Å². The van der Waals surface area contributed by atoms with Gasteiger partial charge >= 0.3 is 0 Å². The molecular formula is C21H21FO4. The van der Waals surface area contributed by atoms with Crippen molar-refractivity contribution in [2.24, 2.45) is 0 Å². The lowest BCUT2D eigenvalue weighted by atomic mass is 10.0. The van der Waals surface area contributed by atoms with Crippen molar-refractivity contribution >= 4 is 5.78 Å². The molecule has 3 rings (SSSR count). The van der Waals surface area contributed by atoms with Gasteiger partial charge in [-0.3, -0.25) is 4.79 Å². The van der Waals surface area contributed by atoms with E-state index in [-0.39, 0.29) is 24.3 Å². The number of ether oxygens (including phenoxy) is 2. The Hall–Kier alpha value is -2.50. The van der Waals surface area contributed by atoms with E-state index in [1.54, 1.807) is 25.1 Å². The lowest BCUT2D eigenvalue weighted by molar-refractivity contribution is -0.0733. The van der Waals surface area contributed by atoms with Crippen LogP contribution in [0, 0.1) is 12.7 Å². The molecule has 1 N–H and O–H groups in total. The molecule has 0 saturated heterocycles. The van der Waals surface area contributed by atoms with E-state index in [0.29, 0.717) is 16.9 Å². The number of aryl methyl sites for hydroxylation is 1. The third kappa shape index (κ3) is 4.00. The summed E-state index contributed by atoms with van der Waals surface area (Å²) in [4.78, 5) is 11.4. The number of hydrogen-bond acceptors (Lipinski definition) is 4. The number of carbonyl (C=O) groups excluding carboxylic acids is 1. The summed E-state index contributed by atoms with van der Waals surface area (Å²) in [5.74, 6) is 0.235. The van der Waals surface area contributed by atoms with E-state index in [2.05, 4.69) is 0 Å². The first-order chi connectivity index (χ1) is 12.5. The molecule has 5 heteroatoms. The molecule has 4 nitrogen and oxygen atoms in total. The van der Waals surface area contributed by atoms with Crippen LogP contribution in [0.25, 0.3) is 0 Å². The van der Waals surface area contributed by atoms with E-state index in [9.17, 15) is 14.3 Å². The largest absolute Gasteiger partial charge is 0.483 e. The van der Waals surface area contributed by atoms with Crippen molar-refractivity contribution < 1.29 is 23.8 Å². The first-order valence-electron chi connectivity index (χ1n) is 8.46. The molecule has 0 aliphatic carbocycles. The Bertz CT molecular complexity index is 813. The van der Waals surface area contributed by atoms with Gasteiger partial charge in [-0.15, -0.1) is 0 Å². The van der Waals surface area contributed by atoms with Crippen molar-refractivity contribution in [2.75, 3.05) is 6.61 Å². The molecule has 2 aromatic carbocycles. The zero-order valence-corrected chi connectivity index (χ0v) is 14.7. The minimum absolute atomic E-state index is 0.00743. The second-order valence-electron chi connectivity index (χ2n) is 6.33. The van der Waals surface area contributed by atoms with Crippen LogP contribution in [0.1, 0.15) is 34.5 Å². The molecule has 0 bridgehead atoms. The summed E-state index contributed by atoms with van der Waals surface area (Å²) >= 11 is 0. The van der Waals surface area contributed by atoms with Crippen LogP contribution in [-0.2, 0) is 4.74 Å².